The van der Waals surface area contributed by atoms with Gasteiger partial charge in [-0.05, 0) is 43.2 Å². The number of aryl methyl sites for hydroxylation is 2. The maximum atomic E-state index is 14.2. The molecule has 7 heteroatoms. The van der Waals surface area contributed by atoms with Crippen molar-refractivity contribution < 1.29 is 4.39 Å². The largest absolute Gasteiger partial charge is 0.375 e. The van der Waals surface area contributed by atoms with Crippen LogP contribution in [0, 0.1) is 12.7 Å². The first kappa shape index (κ1) is 16.5. The highest BCUT2D eigenvalue weighted by Crippen LogP contribution is 2.39. The van der Waals surface area contributed by atoms with Crippen LogP contribution in [-0.4, -0.2) is 15.0 Å². The minimum Gasteiger partial charge on any atom is -0.375 e. The van der Waals surface area contributed by atoms with E-state index in [0.29, 0.717) is 17.3 Å². The Hall–Kier alpha value is -1.92. The molecular weight excluding hydrogens is 407 g/mol. The van der Waals surface area contributed by atoms with Crippen molar-refractivity contribution >= 4 is 33.2 Å². The van der Waals surface area contributed by atoms with Gasteiger partial charge in [-0.2, -0.15) is 0 Å². The van der Waals surface area contributed by atoms with E-state index in [-0.39, 0.29) is 11.9 Å². The summed E-state index contributed by atoms with van der Waals surface area (Å²) in [5.41, 5.74) is 4.33. The zero-order valence-corrected chi connectivity index (χ0v) is 15.8. The molecule has 0 spiro atoms. The zero-order chi connectivity index (χ0) is 17.6. The van der Waals surface area contributed by atoms with Crippen LogP contribution in [0.25, 0.3) is 11.3 Å². The Morgan fingerprint density at radius 2 is 2.16 bits per heavy atom. The molecule has 0 saturated heterocycles. The summed E-state index contributed by atoms with van der Waals surface area (Å²) in [6.07, 6.45) is 0.740. The maximum absolute atomic E-state index is 14.2. The van der Waals surface area contributed by atoms with Gasteiger partial charge in [-0.25, -0.2) is 9.07 Å². The number of hydrogen-bond acceptors (Lipinski definition) is 3. The molecule has 2 heterocycles. The first-order valence-electron chi connectivity index (χ1n) is 7.95. The van der Waals surface area contributed by atoms with Crippen molar-refractivity contribution in [3.05, 3.63) is 63.0 Å². The van der Waals surface area contributed by atoms with E-state index < -0.39 is 0 Å². The van der Waals surface area contributed by atoms with Crippen molar-refractivity contribution in [1.82, 2.24) is 15.0 Å². The number of hydrogen-bond donors (Lipinski definition) is 1. The van der Waals surface area contributed by atoms with E-state index in [1.165, 1.54) is 6.07 Å². The van der Waals surface area contributed by atoms with E-state index >= 15 is 0 Å². The van der Waals surface area contributed by atoms with Gasteiger partial charge in [0.25, 0.3) is 0 Å². The molecule has 0 saturated carbocycles. The SMILES string of the molecule is Cc1nnn2c1-c1ccc(Br)cc1C(Nc1c(F)cccc1Cl)CC2. The molecule has 0 radical (unpaired) electrons. The standard InChI is InChI=1S/C18H15BrClFN4/c1-10-18-12-6-5-11(19)9-13(12)16(7-8-25(18)24-23-10)22-17-14(20)3-2-4-15(17)21/h2-6,9,16,22H,7-8H2,1H3. The van der Waals surface area contributed by atoms with E-state index in [9.17, 15) is 4.39 Å². The number of fused-ring (bicyclic) bond motifs is 3. The Morgan fingerprint density at radius 1 is 1.32 bits per heavy atom. The Kier molecular flexibility index (Phi) is 4.25. The molecule has 0 fully saturated rings. The summed E-state index contributed by atoms with van der Waals surface area (Å²) in [6.45, 7) is 2.64. The number of nitrogens with zero attached hydrogens (tertiary/aromatic N) is 3. The average molecular weight is 422 g/mol. The maximum Gasteiger partial charge on any atom is 0.147 e. The monoisotopic (exact) mass is 420 g/mol. The fraction of sp³-hybridized carbons (Fsp3) is 0.222. The predicted octanol–water partition coefficient (Wildman–Crippen LogP) is 5.37. The van der Waals surface area contributed by atoms with Crippen LogP contribution in [0.5, 0.6) is 0 Å². The first-order valence-corrected chi connectivity index (χ1v) is 9.12. The third-order valence-electron chi connectivity index (χ3n) is 4.46. The van der Waals surface area contributed by atoms with Crippen molar-refractivity contribution in [2.75, 3.05) is 5.32 Å². The summed E-state index contributed by atoms with van der Waals surface area (Å²) < 4.78 is 17.1. The Balaban J connectivity index is 1.83. The molecule has 0 amide bonds. The van der Waals surface area contributed by atoms with E-state index in [1.54, 1.807) is 12.1 Å². The first-order chi connectivity index (χ1) is 12.0. The van der Waals surface area contributed by atoms with Crippen LogP contribution in [-0.2, 0) is 6.54 Å². The molecule has 2 aromatic carbocycles. The third kappa shape index (κ3) is 2.93. The lowest BCUT2D eigenvalue weighted by molar-refractivity contribution is 0.536. The van der Waals surface area contributed by atoms with Crippen LogP contribution in [0.4, 0.5) is 10.1 Å². The van der Waals surface area contributed by atoms with Crippen molar-refractivity contribution in [2.24, 2.45) is 0 Å². The summed E-state index contributed by atoms with van der Waals surface area (Å²) in [4.78, 5) is 0. The molecule has 1 atom stereocenters. The lowest BCUT2D eigenvalue weighted by Gasteiger charge is -2.22. The summed E-state index contributed by atoms with van der Waals surface area (Å²) in [5.74, 6) is -0.358. The molecule has 4 rings (SSSR count). The minimum atomic E-state index is -0.358. The topological polar surface area (TPSA) is 42.7 Å². The molecule has 1 N–H and O–H groups in total. The second-order valence-corrected chi connectivity index (χ2v) is 7.38. The number of aromatic nitrogens is 3. The highest BCUT2D eigenvalue weighted by Gasteiger charge is 2.26. The molecule has 3 aromatic rings. The van der Waals surface area contributed by atoms with E-state index in [4.69, 9.17) is 11.6 Å². The van der Waals surface area contributed by atoms with Crippen LogP contribution in [0.3, 0.4) is 0 Å². The quantitative estimate of drug-likeness (QED) is 0.605. The molecule has 1 aliphatic rings. The Labute approximate surface area is 158 Å². The molecule has 0 aliphatic carbocycles. The van der Waals surface area contributed by atoms with Crippen molar-refractivity contribution in [3.63, 3.8) is 0 Å². The van der Waals surface area contributed by atoms with Gasteiger partial charge in [0.1, 0.15) is 5.82 Å². The number of rotatable bonds is 2. The highest BCUT2D eigenvalue weighted by molar-refractivity contribution is 9.10. The summed E-state index contributed by atoms with van der Waals surface area (Å²) in [7, 11) is 0. The second-order valence-electron chi connectivity index (χ2n) is 6.06. The highest BCUT2D eigenvalue weighted by atomic mass is 79.9. The van der Waals surface area contributed by atoms with Crippen LogP contribution < -0.4 is 5.32 Å². The Bertz CT molecular complexity index is 936. The molecule has 0 bridgehead atoms. The van der Waals surface area contributed by atoms with Gasteiger partial charge in [-0.3, -0.25) is 0 Å². The van der Waals surface area contributed by atoms with Crippen molar-refractivity contribution in [2.45, 2.75) is 25.9 Å². The predicted molar refractivity (Wildman–Crippen MR) is 100 cm³/mol. The molecular formula is C18H15BrClFN4. The van der Waals surface area contributed by atoms with Gasteiger partial charge < -0.3 is 5.32 Å². The van der Waals surface area contributed by atoms with Crippen LogP contribution in [0.15, 0.2) is 40.9 Å². The molecule has 25 heavy (non-hydrogen) atoms. The summed E-state index contributed by atoms with van der Waals surface area (Å²) in [6, 6.07) is 10.7. The fourth-order valence-electron chi connectivity index (χ4n) is 3.29. The smallest absolute Gasteiger partial charge is 0.147 e. The fourth-order valence-corrected chi connectivity index (χ4v) is 3.89. The number of anilines is 1. The van der Waals surface area contributed by atoms with Crippen LogP contribution in [0.1, 0.15) is 23.7 Å². The van der Waals surface area contributed by atoms with Gasteiger partial charge in [-0.1, -0.05) is 44.9 Å². The summed E-state index contributed by atoms with van der Waals surface area (Å²) in [5, 5.41) is 12.1. The van der Waals surface area contributed by atoms with Gasteiger partial charge in [0.2, 0.25) is 0 Å². The van der Waals surface area contributed by atoms with Crippen LogP contribution >= 0.6 is 27.5 Å². The number of halogens is 3. The van der Waals surface area contributed by atoms with E-state index in [2.05, 4.69) is 37.6 Å². The molecule has 4 nitrogen and oxygen atoms in total. The minimum absolute atomic E-state index is 0.0944. The van der Waals surface area contributed by atoms with E-state index in [1.807, 2.05) is 23.7 Å². The molecule has 128 valence electrons. The van der Waals surface area contributed by atoms with Gasteiger partial charge in [0.05, 0.1) is 28.1 Å². The second kappa shape index (κ2) is 6.42. The van der Waals surface area contributed by atoms with Crippen LogP contribution in [0.2, 0.25) is 5.02 Å². The molecule has 1 aromatic heterocycles. The van der Waals surface area contributed by atoms with Crippen molar-refractivity contribution in [1.29, 1.82) is 0 Å². The molecule has 1 aliphatic heterocycles. The van der Waals surface area contributed by atoms with E-state index in [0.717, 1.165) is 33.4 Å². The van der Waals surface area contributed by atoms with Gasteiger partial charge in [-0.15, -0.1) is 5.10 Å². The lowest BCUT2D eigenvalue weighted by atomic mass is 9.96. The Morgan fingerprint density at radius 3 is 2.96 bits per heavy atom. The average Bonchev–Trinajstić information content (AvgIpc) is 2.87. The van der Waals surface area contributed by atoms with Gasteiger partial charge >= 0.3 is 0 Å². The lowest BCUT2D eigenvalue weighted by Crippen LogP contribution is -2.14. The number of para-hydroxylation sites is 1. The zero-order valence-electron chi connectivity index (χ0n) is 13.4. The normalized spacial score (nSPS) is 16.1. The number of benzene rings is 2. The van der Waals surface area contributed by atoms with Gasteiger partial charge in [0, 0.05) is 16.6 Å². The van der Waals surface area contributed by atoms with Crippen molar-refractivity contribution in [3.8, 4) is 11.3 Å². The molecule has 1 unspecified atom stereocenters. The summed E-state index contributed by atoms with van der Waals surface area (Å²) >= 11 is 9.74. The number of nitrogens with one attached hydrogen (secondary N) is 1. The van der Waals surface area contributed by atoms with Gasteiger partial charge in [0.15, 0.2) is 0 Å². The third-order valence-corrected chi connectivity index (χ3v) is 5.27.